The normalized spacial score (nSPS) is 11.8. The number of nitro groups is 1. The number of nitro benzene ring substituents is 1. The van der Waals surface area contributed by atoms with Crippen LogP contribution in [0.3, 0.4) is 0 Å². The van der Waals surface area contributed by atoms with Crippen molar-refractivity contribution in [3.05, 3.63) is 58.1 Å². The maximum atomic E-state index is 11.5. The average molecular weight is 333 g/mol. The molecule has 126 valence electrons. The lowest BCUT2D eigenvalue weighted by atomic mass is 9.97. The van der Waals surface area contributed by atoms with E-state index in [1.54, 1.807) is 6.07 Å². The van der Waals surface area contributed by atoms with Crippen molar-refractivity contribution < 1.29 is 29.8 Å². The highest BCUT2D eigenvalue weighted by Gasteiger charge is 2.24. The van der Waals surface area contributed by atoms with Crippen molar-refractivity contribution in [3.63, 3.8) is 0 Å². The minimum atomic E-state index is -1.27. The molecule has 1 atom stereocenters. The van der Waals surface area contributed by atoms with E-state index in [0.29, 0.717) is 0 Å². The fourth-order valence-electron chi connectivity index (χ4n) is 2.19. The first-order valence-corrected chi connectivity index (χ1v) is 6.97. The number of hydrogen-bond donors (Lipinski definition) is 3. The molecule has 0 saturated heterocycles. The molecule has 0 fully saturated rings. The van der Waals surface area contributed by atoms with Crippen LogP contribution in [0.2, 0.25) is 0 Å². The van der Waals surface area contributed by atoms with E-state index >= 15 is 0 Å². The molecule has 0 saturated carbocycles. The Morgan fingerprint density at radius 2 is 1.92 bits per heavy atom. The third kappa shape index (κ3) is 3.67. The third-order valence-corrected chi connectivity index (χ3v) is 3.27. The number of carboxylic acids is 1. The van der Waals surface area contributed by atoms with E-state index in [1.807, 2.05) is 0 Å². The van der Waals surface area contributed by atoms with Crippen LogP contribution in [0.25, 0.3) is 11.1 Å². The van der Waals surface area contributed by atoms with Crippen molar-refractivity contribution >= 4 is 11.7 Å². The topological polar surface area (TPSA) is 130 Å². The summed E-state index contributed by atoms with van der Waals surface area (Å²) in [6.45, 7) is -0.813. The Balaban J connectivity index is 2.62. The summed E-state index contributed by atoms with van der Waals surface area (Å²) < 4.78 is 5.37. The van der Waals surface area contributed by atoms with Crippen LogP contribution in [-0.4, -0.2) is 45.5 Å². The Hall–Kier alpha value is -2.97. The number of nitrogens with zero attached hydrogens (tertiary/aromatic N) is 1. The fourth-order valence-corrected chi connectivity index (χ4v) is 2.19. The predicted octanol–water partition coefficient (Wildman–Crippen LogP) is 1.69. The van der Waals surface area contributed by atoms with Crippen LogP contribution in [-0.2, 0) is 0 Å². The summed E-state index contributed by atoms with van der Waals surface area (Å²) in [5.74, 6) is -1.20. The second-order valence-corrected chi connectivity index (χ2v) is 4.91. The van der Waals surface area contributed by atoms with Crippen molar-refractivity contribution in [1.82, 2.24) is 0 Å². The summed E-state index contributed by atoms with van der Waals surface area (Å²) >= 11 is 0. The van der Waals surface area contributed by atoms with Gasteiger partial charge in [0.15, 0.2) is 0 Å². The van der Waals surface area contributed by atoms with E-state index in [-0.39, 0.29) is 34.7 Å². The Labute approximate surface area is 136 Å². The van der Waals surface area contributed by atoms with Crippen LogP contribution in [0.15, 0.2) is 42.5 Å². The van der Waals surface area contributed by atoms with Gasteiger partial charge in [0, 0.05) is 11.6 Å². The predicted molar refractivity (Wildman–Crippen MR) is 84.1 cm³/mol. The molecule has 2 aromatic carbocycles. The highest BCUT2D eigenvalue weighted by atomic mass is 16.6. The van der Waals surface area contributed by atoms with Crippen molar-refractivity contribution in [3.8, 4) is 16.9 Å². The molecule has 0 bridgehead atoms. The molecule has 1 unspecified atom stereocenters. The Kier molecular flexibility index (Phi) is 5.46. The third-order valence-electron chi connectivity index (χ3n) is 3.27. The number of aromatic carboxylic acids is 1. The molecule has 0 radical (unpaired) electrons. The number of ether oxygens (including phenoxy) is 1. The smallest absolute Gasteiger partial charge is 0.336 e. The number of aliphatic hydroxyl groups is 2. The van der Waals surface area contributed by atoms with Gasteiger partial charge in [0.05, 0.1) is 22.7 Å². The zero-order valence-corrected chi connectivity index (χ0v) is 12.5. The Morgan fingerprint density at radius 3 is 2.54 bits per heavy atom. The van der Waals surface area contributed by atoms with Gasteiger partial charge in [-0.25, -0.2) is 4.79 Å². The van der Waals surface area contributed by atoms with Gasteiger partial charge in [-0.1, -0.05) is 18.2 Å². The second-order valence-electron chi connectivity index (χ2n) is 4.91. The standard InChI is InChI=1S/C16H15NO7/c18-8-10(19)9-24-14-7-3-5-12(16(20)21)15(14)11-4-1-2-6-13(11)17(22)23/h1-7,10,18-19H,8-9H2,(H,20,21). The van der Waals surface area contributed by atoms with Gasteiger partial charge in [-0.15, -0.1) is 0 Å². The summed E-state index contributed by atoms with van der Waals surface area (Å²) in [5.41, 5.74) is -0.296. The highest BCUT2D eigenvalue weighted by molar-refractivity contribution is 5.99. The Bertz CT molecular complexity index is 760. The van der Waals surface area contributed by atoms with Gasteiger partial charge >= 0.3 is 5.97 Å². The molecular formula is C16H15NO7. The summed E-state index contributed by atoms with van der Waals surface area (Å²) in [4.78, 5) is 22.1. The van der Waals surface area contributed by atoms with Crippen molar-refractivity contribution in [2.45, 2.75) is 6.10 Å². The van der Waals surface area contributed by atoms with Gasteiger partial charge in [-0.3, -0.25) is 10.1 Å². The fraction of sp³-hybridized carbons (Fsp3) is 0.188. The SMILES string of the molecule is O=C(O)c1cccc(OCC(O)CO)c1-c1ccccc1[N+](=O)[O-]. The van der Waals surface area contributed by atoms with E-state index in [9.17, 15) is 25.1 Å². The summed E-state index contributed by atoms with van der Waals surface area (Å²) in [6, 6.07) is 9.90. The highest BCUT2D eigenvalue weighted by Crippen LogP contribution is 2.38. The number of carboxylic acid groups (broad SMARTS) is 1. The van der Waals surface area contributed by atoms with Crippen LogP contribution in [0.4, 0.5) is 5.69 Å². The zero-order chi connectivity index (χ0) is 17.7. The Morgan fingerprint density at radius 1 is 1.21 bits per heavy atom. The minimum Gasteiger partial charge on any atom is -0.490 e. The molecule has 0 aliphatic carbocycles. The number of aliphatic hydroxyl groups excluding tert-OH is 2. The molecular weight excluding hydrogens is 318 g/mol. The molecule has 8 heteroatoms. The molecule has 8 nitrogen and oxygen atoms in total. The van der Waals surface area contributed by atoms with E-state index in [4.69, 9.17) is 9.84 Å². The van der Waals surface area contributed by atoms with Crippen LogP contribution in [0, 0.1) is 10.1 Å². The first-order valence-electron chi connectivity index (χ1n) is 6.97. The first-order chi connectivity index (χ1) is 11.5. The molecule has 24 heavy (non-hydrogen) atoms. The van der Waals surface area contributed by atoms with E-state index in [2.05, 4.69) is 0 Å². The average Bonchev–Trinajstić information content (AvgIpc) is 2.59. The molecule has 0 aliphatic heterocycles. The van der Waals surface area contributed by atoms with Gasteiger partial charge in [-0.2, -0.15) is 0 Å². The molecule has 2 aromatic rings. The number of rotatable bonds is 7. The van der Waals surface area contributed by atoms with Gasteiger partial charge < -0.3 is 20.1 Å². The van der Waals surface area contributed by atoms with E-state index < -0.39 is 23.6 Å². The lowest BCUT2D eigenvalue weighted by Crippen LogP contribution is -2.21. The van der Waals surface area contributed by atoms with Gasteiger partial charge in [0.1, 0.15) is 18.5 Å². The number of hydrogen-bond acceptors (Lipinski definition) is 6. The largest absolute Gasteiger partial charge is 0.490 e. The zero-order valence-electron chi connectivity index (χ0n) is 12.5. The summed E-state index contributed by atoms with van der Waals surface area (Å²) in [7, 11) is 0. The quantitative estimate of drug-likeness (QED) is 0.519. The maximum absolute atomic E-state index is 11.5. The van der Waals surface area contributed by atoms with Crippen molar-refractivity contribution in [1.29, 1.82) is 0 Å². The molecule has 0 heterocycles. The summed E-state index contributed by atoms with van der Waals surface area (Å²) in [6.07, 6.45) is -1.16. The maximum Gasteiger partial charge on any atom is 0.336 e. The van der Waals surface area contributed by atoms with Crippen LogP contribution >= 0.6 is 0 Å². The molecule has 0 amide bonds. The molecule has 2 rings (SSSR count). The van der Waals surface area contributed by atoms with Gasteiger partial charge in [-0.05, 0) is 18.2 Å². The van der Waals surface area contributed by atoms with Crippen LogP contribution in [0.5, 0.6) is 5.75 Å². The van der Waals surface area contributed by atoms with Crippen molar-refractivity contribution in [2.75, 3.05) is 13.2 Å². The van der Waals surface area contributed by atoms with Crippen molar-refractivity contribution in [2.24, 2.45) is 0 Å². The number of benzene rings is 2. The van der Waals surface area contributed by atoms with E-state index in [1.165, 1.54) is 36.4 Å². The molecule has 3 N–H and O–H groups in total. The minimum absolute atomic E-state index is 0.0439. The number of carbonyl (C=O) groups is 1. The van der Waals surface area contributed by atoms with Crippen LogP contribution in [0.1, 0.15) is 10.4 Å². The van der Waals surface area contributed by atoms with Gasteiger partial charge in [0.25, 0.3) is 5.69 Å². The lowest BCUT2D eigenvalue weighted by molar-refractivity contribution is -0.384. The van der Waals surface area contributed by atoms with E-state index in [0.717, 1.165) is 0 Å². The van der Waals surface area contributed by atoms with Crippen LogP contribution < -0.4 is 4.74 Å². The lowest BCUT2D eigenvalue weighted by Gasteiger charge is -2.15. The summed E-state index contributed by atoms with van der Waals surface area (Å²) in [5, 5.41) is 38.9. The molecule has 0 aliphatic rings. The first kappa shape index (κ1) is 17.4. The molecule has 0 aromatic heterocycles. The number of para-hydroxylation sites is 1. The second kappa shape index (κ2) is 7.53. The molecule has 0 spiro atoms. The van der Waals surface area contributed by atoms with Gasteiger partial charge in [0.2, 0.25) is 0 Å². The monoisotopic (exact) mass is 333 g/mol.